The third-order valence-corrected chi connectivity index (χ3v) is 14.3. The van der Waals surface area contributed by atoms with Crippen LogP contribution in [0.4, 0.5) is 0 Å². The second-order valence-corrected chi connectivity index (χ2v) is 20.5. The van der Waals surface area contributed by atoms with Gasteiger partial charge in [-0.15, -0.1) is 0 Å². The Morgan fingerprint density at radius 1 is 0.645 bits per heavy atom. The fourth-order valence-corrected chi connectivity index (χ4v) is 10.2. The van der Waals surface area contributed by atoms with Crippen molar-refractivity contribution in [2.24, 2.45) is 17.4 Å². The summed E-state index contributed by atoms with van der Waals surface area (Å²) in [5.74, 6) is -7.42. The number of carbonyl (C=O) groups is 10. The largest absolute Gasteiger partial charge is 0.480 e. The maximum absolute atomic E-state index is 14.5. The third kappa shape index (κ3) is 14.7. The first-order valence-corrected chi connectivity index (χ1v) is 26.1. The average Bonchev–Trinajstić information content (AvgIpc) is 4.24. The monoisotopic (exact) mass is 1060 g/mol. The van der Waals surface area contributed by atoms with E-state index in [4.69, 9.17) is 11.5 Å². The number of aliphatic hydroxyl groups excluding tert-OH is 1. The van der Waals surface area contributed by atoms with Gasteiger partial charge < -0.3 is 67.9 Å². The molecule has 10 atom stereocenters. The minimum absolute atomic E-state index is 0.0136. The van der Waals surface area contributed by atoms with Gasteiger partial charge in [-0.3, -0.25) is 43.2 Å². The third-order valence-electron chi connectivity index (χ3n) is 14.3. The summed E-state index contributed by atoms with van der Waals surface area (Å²) < 4.78 is 0. The Bertz CT molecular complexity index is 2610. The summed E-state index contributed by atoms with van der Waals surface area (Å²) in [6.07, 6.45) is 2.12. The number of hydrogen-bond acceptors (Lipinski definition) is 12. The highest BCUT2D eigenvalue weighted by molar-refractivity contribution is 5.99. The van der Waals surface area contributed by atoms with Crippen LogP contribution in [0.15, 0.2) is 60.8 Å². The van der Waals surface area contributed by atoms with Crippen LogP contribution in [-0.4, -0.2) is 169 Å². The van der Waals surface area contributed by atoms with E-state index >= 15 is 0 Å². The van der Waals surface area contributed by atoms with Crippen molar-refractivity contribution in [3.05, 3.63) is 71.9 Å². The van der Waals surface area contributed by atoms with Crippen molar-refractivity contribution in [3.63, 3.8) is 0 Å². The van der Waals surface area contributed by atoms with E-state index in [9.17, 15) is 58.2 Å². The molecule has 4 heterocycles. The van der Waals surface area contributed by atoms with E-state index in [1.165, 1.54) is 28.5 Å². The van der Waals surface area contributed by atoms with E-state index in [0.717, 1.165) is 10.9 Å². The number of primary amides is 1. The number of benzene rings is 2. The molecule has 23 heteroatoms. The van der Waals surface area contributed by atoms with Crippen molar-refractivity contribution in [1.29, 1.82) is 0 Å². The van der Waals surface area contributed by atoms with Gasteiger partial charge in [0.25, 0.3) is 0 Å². The van der Waals surface area contributed by atoms with Gasteiger partial charge in [0.05, 0.1) is 6.10 Å². The number of aromatic nitrogens is 1. The molecular weight excluding hydrogens is 983 g/mol. The zero-order chi connectivity index (χ0) is 55.4. The van der Waals surface area contributed by atoms with E-state index in [1.54, 1.807) is 42.6 Å². The molecular formula is C53H73N11O12. The van der Waals surface area contributed by atoms with Crippen LogP contribution in [0.3, 0.4) is 0 Å². The second kappa shape index (κ2) is 26.4. The molecule has 0 spiro atoms. The van der Waals surface area contributed by atoms with Crippen LogP contribution in [0.25, 0.3) is 10.9 Å². The maximum Gasteiger partial charge on any atom is 0.326 e. The Balaban J connectivity index is 1.15. The van der Waals surface area contributed by atoms with Gasteiger partial charge in [-0.05, 0) is 88.3 Å². The van der Waals surface area contributed by atoms with Gasteiger partial charge in [0.15, 0.2) is 0 Å². The van der Waals surface area contributed by atoms with Crippen molar-refractivity contribution in [2.75, 3.05) is 19.6 Å². The molecule has 2 aromatic carbocycles. The Hall–Kier alpha value is -7.40. The number of carboxylic acid groups (broad SMARTS) is 1. The van der Waals surface area contributed by atoms with E-state index in [1.807, 2.05) is 32.0 Å². The number of nitrogens with two attached hydrogens (primary N) is 2. The average molecular weight is 1060 g/mol. The highest BCUT2D eigenvalue weighted by atomic mass is 16.4. The minimum atomic E-state index is -1.42. The van der Waals surface area contributed by atoms with Crippen molar-refractivity contribution in [3.8, 4) is 0 Å². The Kier molecular flexibility index (Phi) is 20.1. The van der Waals surface area contributed by atoms with Crippen molar-refractivity contribution < 1.29 is 58.2 Å². The fraction of sp³-hybridized carbons (Fsp3) is 0.547. The lowest BCUT2D eigenvalue weighted by Gasteiger charge is -2.34. The highest BCUT2D eigenvalue weighted by Gasteiger charge is 2.45. The van der Waals surface area contributed by atoms with Crippen LogP contribution in [0, 0.1) is 5.92 Å². The zero-order valence-electron chi connectivity index (χ0n) is 43.5. The molecule has 3 fully saturated rings. The molecule has 3 aromatic rings. The molecule has 9 amide bonds. The van der Waals surface area contributed by atoms with Crippen LogP contribution in [0.1, 0.15) is 96.6 Å². The maximum atomic E-state index is 14.5. The molecule has 412 valence electrons. The van der Waals surface area contributed by atoms with Crippen molar-refractivity contribution >= 4 is 70.0 Å². The first-order valence-electron chi connectivity index (χ1n) is 26.1. The highest BCUT2D eigenvalue weighted by Crippen LogP contribution is 2.27. The minimum Gasteiger partial charge on any atom is -0.480 e. The van der Waals surface area contributed by atoms with Gasteiger partial charge in [-0.1, -0.05) is 62.4 Å². The first-order chi connectivity index (χ1) is 36.1. The summed E-state index contributed by atoms with van der Waals surface area (Å²) in [5.41, 5.74) is 13.4. The molecule has 76 heavy (non-hydrogen) atoms. The zero-order valence-corrected chi connectivity index (χ0v) is 43.5. The first kappa shape index (κ1) is 57.9. The van der Waals surface area contributed by atoms with Gasteiger partial charge in [0, 0.05) is 56.0 Å². The van der Waals surface area contributed by atoms with E-state index in [0.29, 0.717) is 36.8 Å². The van der Waals surface area contributed by atoms with Crippen LogP contribution in [0.5, 0.6) is 0 Å². The number of aliphatic hydroxyl groups is 1. The molecule has 6 rings (SSSR count). The Morgan fingerprint density at radius 3 is 1.83 bits per heavy atom. The van der Waals surface area contributed by atoms with Gasteiger partial charge in [0.2, 0.25) is 53.2 Å². The lowest BCUT2D eigenvalue weighted by molar-refractivity contribution is -0.148. The number of rotatable bonds is 24. The molecule has 12 N–H and O–H groups in total. The molecule has 0 saturated carbocycles. The number of carbonyl (C=O) groups excluding carboxylic acids is 9. The number of aromatic amines is 1. The number of nitrogens with one attached hydrogen (secondary N) is 6. The van der Waals surface area contributed by atoms with Crippen LogP contribution < -0.4 is 38.1 Å². The van der Waals surface area contributed by atoms with Crippen molar-refractivity contribution in [2.45, 2.75) is 159 Å². The number of nitrogens with zero attached hydrogens (tertiary/aromatic N) is 3. The van der Waals surface area contributed by atoms with Gasteiger partial charge in [0.1, 0.15) is 54.4 Å². The molecule has 0 unspecified atom stereocenters. The predicted molar refractivity (Wildman–Crippen MR) is 277 cm³/mol. The normalized spacial score (nSPS) is 20.2. The summed E-state index contributed by atoms with van der Waals surface area (Å²) >= 11 is 0. The Morgan fingerprint density at radius 2 is 1.20 bits per heavy atom. The number of carboxylic acids is 1. The smallest absolute Gasteiger partial charge is 0.326 e. The molecule has 0 aliphatic carbocycles. The van der Waals surface area contributed by atoms with E-state index in [-0.39, 0.29) is 70.5 Å². The molecule has 3 aliphatic rings. The summed E-state index contributed by atoms with van der Waals surface area (Å²) in [6.45, 7) is 7.04. The fourth-order valence-electron chi connectivity index (χ4n) is 10.2. The number of aliphatic carboxylic acids is 1. The summed E-state index contributed by atoms with van der Waals surface area (Å²) in [5, 5.41) is 34.0. The summed E-state index contributed by atoms with van der Waals surface area (Å²) in [4.78, 5) is 144. The van der Waals surface area contributed by atoms with Crippen LogP contribution in [0.2, 0.25) is 0 Å². The predicted octanol–water partition coefficient (Wildman–Crippen LogP) is -0.526. The van der Waals surface area contributed by atoms with E-state index < -0.39 is 120 Å². The molecule has 0 radical (unpaired) electrons. The molecule has 23 nitrogen and oxygen atoms in total. The van der Waals surface area contributed by atoms with Crippen molar-refractivity contribution in [1.82, 2.24) is 46.3 Å². The molecule has 1 aromatic heterocycles. The Labute approximate surface area is 441 Å². The van der Waals surface area contributed by atoms with Gasteiger partial charge in [-0.2, -0.15) is 0 Å². The number of hydrogen-bond donors (Lipinski definition) is 10. The lowest BCUT2D eigenvalue weighted by Crippen LogP contribution is -2.60. The standard InChI is InChI=1S/C53H73N11O12/c1-29(2)25-38(60-49(71)44(55)31(4)65)51(73)64-24-12-19-42(64)52(74)63-23-11-17-40(63)47(69)57-30(3)45(67)59-37(27-33-28-56-35-16-9-8-15-34(33)35)46(68)58-36(20-21-43(54)66)50(72)62-22-10-18-41(62)48(70)61-39(53(75)76)26-32-13-6-5-7-14-32/h5-9,13-16,28-31,36-42,44,56,65H,10-12,17-27,55H2,1-4H3,(H2,54,66)(H,57,69)(H,58,68)(H,59,67)(H,60,71)(H,61,70)(H,75,76)/t30-,31+,36-,37-,38-,39-,40-,41-,42-,44-/m0/s1. The number of amides is 9. The van der Waals surface area contributed by atoms with Crippen LogP contribution >= 0.6 is 0 Å². The topological polar surface area (TPSA) is 349 Å². The molecule has 3 aliphatic heterocycles. The number of para-hydroxylation sites is 1. The lowest BCUT2D eigenvalue weighted by atomic mass is 10.0. The second-order valence-electron chi connectivity index (χ2n) is 20.5. The number of H-pyrrole nitrogens is 1. The number of fused-ring (bicyclic) bond motifs is 1. The van der Waals surface area contributed by atoms with E-state index in [2.05, 4.69) is 31.6 Å². The SMILES string of the molecule is CC(C)C[C@H](NC(=O)[C@@H](N)[C@@H](C)O)C(=O)N1CCC[C@H]1C(=O)N1CCC[C@H]1C(=O)N[C@@H](C)C(=O)N[C@@H](Cc1c[nH]c2ccccc12)C(=O)N[C@@H](CCC(N)=O)C(=O)N1CCC[C@H]1C(=O)N[C@@H](Cc1ccccc1)C(=O)O. The quantitative estimate of drug-likeness (QED) is 0.0541. The van der Waals surface area contributed by atoms with Gasteiger partial charge in [-0.25, -0.2) is 4.79 Å². The summed E-state index contributed by atoms with van der Waals surface area (Å²) in [6, 6.07) is 5.26. The molecule has 0 bridgehead atoms. The van der Waals surface area contributed by atoms with Crippen LogP contribution in [-0.2, 0) is 60.8 Å². The molecule has 3 saturated heterocycles. The van der Waals surface area contributed by atoms with Gasteiger partial charge >= 0.3 is 5.97 Å². The summed E-state index contributed by atoms with van der Waals surface area (Å²) in [7, 11) is 0. The number of likely N-dealkylation sites (tertiary alicyclic amines) is 3.